The van der Waals surface area contributed by atoms with E-state index in [1.54, 1.807) is 23.7 Å². The van der Waals surface area contributed by atoms with Gasteiger partial charge in [0, 0.05) is 18.3 Å². The third kappa shape index (κ3) is 5.31. The molecule has 0 saturated heterocycles. The molecule has 0 radical (unpaired) electrons. The van der Waals surface area contributed by atoms with Gasteiger partial charge in [0.15, 0.2) is 0 Å². The van der Waals surface area contributed by atoms with Crippen molar-refractivity contribution >= 4 is 11.8 Å². The van der Waals surface area contributed by atoms with Crippen molar-refractivity contribution in [3.8, 4) is 0 Å². The SMILES string of the molecule is CCCCCCCc1ccc(C(=O)c2ccc(CC(=O)O)n2C)cc1. The number of benzene rings is 1. The van der Waals surface area contributed by atoms with Gasteiger partial charge in [-0.25, -0.2) is 0 Å². The van der Waals surface area contributed by atoms with E-state index in [9.17, 15) is 9.59 Å². The molecule has 4 heteroatoms. The monoisotopic (exact) mass is 341 g/mol. The highest BCUT2D eigenvalue weighted by atomic mass is 16.4. The van der Waals surface area contributed by atoms with E-state index >= 15 is 0 Å². The van der Waals surface area contributed by atoms with Gasteiger partial charge in [-0.1, -0.05) is 56.9 Å². The molecule has 1 heterocycles. The number of unbranched alkanes of at least 4 members (excludes halogenated alkanes) is 4. The number of hydrogen-bond donors (Lipinski definition) is 1. The molecule has 0 fully saturated rings. The number of ketones is 1. The normalized spacial score (nSPS) is 10.8. The summed E-state index contributed by atoms with van der Waals surface area (Å²) in [5.41, 5.74) is 3.03. The number of aryl methyl sites for hydroxylation is 1. The maximum atomic E-state index is 12.6. The van der Waals surface area contributed by atoms with Crippen molar-refractivity contribution in [2.24, 2.45) is 7.05 Å². The number of hydrogen-bond acceptors (Lipinski definition) is 2. The van der Waals surface area contributed by atoms with Crippen LogP contribution in [0.2, 0.25) is 0 Å². The summed E-state index contributed by atoms with van der Waals surface area (Å²) in [4.78, 5) is 23.5. The predicted molar refractivity (Wildman–Crippen MR) is 99.1 cm³/mol. The van der Waals surface area contributed by atoms with Crippen molar-refractivity contribution in [1.82, 2.24) is 4.57 Å². The van der Waals surface area contributed by atoms with E-state index in [2.05, 4.69) is 6.92 Å². The molecule has 0 unspecified atom stereocenters. The summed E-state index contributed by atoms with van der Waals surface area (Å²) in [5.74, 6) is -0.975. The first-order valence-electron chi connectivity index (χ1n) is 9.03. The highest BCUT2D eigenvalue weighted by Crippen LogP contribution is 2.16. The minimum atomic E-state index is -0.900. The van der Waals surface area contributed by atoms with Crippen LogP contribution in [0, 0.1) is 0 Å². The van der Waals surface area contributed by atoms with Gasteiger partial charge in [-0.3, -0.25) is 9.59 Å². The Hall–Kier alpha value is -2.36. The standard InChI is InChI=1S/C21H27NO3/c1-3-4-5-6-7-8-16-9-11-17(12-10-16)21(25)19-14-13-18(22(19)2)15-20(23)24/h9-14H,3-8,15H2,1-2H3,(H,23,24). The molecular formula is C21H27NO3. The lowest BCUT2D eigenvalue weighted by Gasteiger charge is -2.07. The van der Waals surface area contributed by atoms with Crippen molar-refractivity contribution in [3.05, 3.63) is 58.9 Å². The molecule has 134 valence electrons. The lowest BCUT2D eigenvalue weighted by molar-refractivity contribution is -0.136. The summed E-state index contributed by atoms with van der Waals surface area (Å²) in [7, 11) is 1.73. The van der Waals surface area contributed by atoms with Gasteiger partial charge in [-0.15, -0.1) is 0 Å². The van der Waals surface area contributed by atoms with Crippen molar-refractivity contribution in [2.75, 3.05) is 0 Å². The third-order valence-corrected chi connectivity index (χ3v) is 4.58. The Morgan fingerprint density at radius 1 is 0.960 bits per heavy atom. The van der Waals surface area contributed by atoms with Crippen molar-refractivity contribution in [3.63, 3.8) is 0 Å². The van der Waals surface area contributed by atoms with Gasteiger partial charge >= 0.3 is 5.97 Å². The van der Waals surface area contributed by atoms with Crippen molar-refractivity contribution in [1.29, 1.82) is 0 Å². The number of carbonyl (C=O) groups excluding carboxylic acids is 1. The van der Waals surface area contributed by atoms with Gasteiger partial charge in [-0.2, -0.15) is 0 Å². The second kappa shape index (κ2) is 9.21. The Labute approximate surface area is 149 Å². The van der Waals surface area contributed by atoms with Crippen LogP contribution in [0.15, 0.2) is 36.4 Å². The lowest BCUT2D eigenvalue weighted by atomic mass is 10.0. The largest absolute Gasteiger partial charge is 0.481 e. The average molecular weight is 341 g/mol. The van der Waals surface area contributed by atoms with E-state index < -0.39 is 5.97 Å². The van der Waals surface area contributed by atoms with Gasteiger partial charge in [0.2, 0.25) is 5.78 Å². The molecule has 2 aromatic rings. The molecule has 0 spiro atoms. The Kier molecular flexibility index (Phi) is 6.99. The zero-order valence-electron chi connectivity index (χ0n) is 15.1. The molecule has 2 rings (SSSR count). The van der Waals surface area contributed by atoms with Crippen LogP contribution in [0.25, 0.3) is 0 Å². The number of carbonyl (C=O) groups is 2. The summed E-state index contributed by atoms with van der Waals surface area (Å²) < 4.78 is 1.66. The molecule has 0 bridgehead atoms. The number of aromatic nitrogens is 1. The Morgan fingerprint density at radius 3 is 2.28 bits per heavy atom. The first kappa shape index (κ1) is 19.0. The van der Waals surface area contributed by atoms with Crippen molar-refractivity contribution < 1.29 is 14.7 Å². The molecule has 25 heavy (non-hydrogen) atoms. The lowest BCUT2D eigenvalue weighted by Crippen LogP contribution is -2.11. The van der Waals surface area contributed by atoms with Gasteiger partial charge in [0.25, 0.3) is 0 Å². The number of aliphatic carboxylic acids is 1. The van der Waals surface area contributed by atoms with Crippen LogP contribution in [0.5, 0.6) is 0 Å². The molecule has 0 aliphatic rings. The summed E-state index contributed by atoms with van der Waals surface area (Å²) in [6.07, 6.45) is 7.25. The Morgan fingerprint density at radius 2 is 1.64 bits per heavy atom. The fraction of sp³-hybridized carbons (Fsp3) is 0.429. The first-order chi connectivity index (χ1) is 12.0. The van der Waals surface area contributed by atoms with E-state index in [0.29, 0.717) is 17.0 Å². The Bertz CT molecular complexity index is 713. The second-order valence-electron chi connectivity index (χ2n) is 6.53. The maximum absolute atomic E-state index is 12.6. The summed E-state index contributed by atoms with van der Waals surface area (Å²) >= 11 is 0. The molecule has 0 atom stereocenters. The smallest absolute Gasteiger partial charge is 0.309 e. The minimum Gasteiger partial charge on any atom is -0.481 e. The summed E-state index contributed by atoms with van der Waals surface area (Å²) in [6, 6.07) is 11.2. The molecule has 0 aliphatic carbocycles. The number of carboxylic acid groups (broad SMARTS) is 1. The summed E-state index contributed by atoms with van der Waals surface area (Å²) in [6.45, 7) is 2.22. The average Bonchev–Trinajstić information content (AvgIpc) is 2.95. The Balaban J connectivity index is 1.98. The van der Waals surface area contributed by atoms with E-state index in [4.69, 9.17) is 5.11 Å². The van der Waals surface area contributed by atoms with E-state index in [-0.39, 0.29) is 12.2 Å². The minimum absolute atomic E-state index is 0.0753. The van der Waals surface area contributed by atoms with Crippen LogP contribution < -0.4 is 0 Å². The molecule has 0 aliphatic heterocycles. The quantitative estimate of drug-likeness (QED) is 0.515. The molecule has 1 aromatic heterocycles. The number of carboxylic acids is 1. The predicted octanol–water partition coefficient (Wildman–Crippen LogP) is 4.40. The first-order valence-corrected chi connectivity index (χ1v) is 9.03. The zero-order valence-corrected chi connectivity index (χ0v) is 15.1. The molecule has 4 nitrogen and oxygen atoms in total. The highest BCUT2D eigenvalue weighted by molar-refractivity contribution is 6.08. The zero-order chi connectivity index (χ0) is 18.2. The van der Waals surface area contributed by atoms with E-state index in [1.165, 1.54) is 37.7 Å². The number of nitrogens with zero attached hydrogens (tertiary/aromatic N) is 1. The van der Waals surface area contributed by atoms with Gasteiger partial charge in [0.05, 0.1) is 12.1 Å². The highest BCUT2D eigenvalue weighted by Gasteiger charge is 2.15. The topological polar surface area (TPSA) is 59.3 Å². The number of rotatable bonds is 10. The van der Waals surface area contributed by atoms with Gasteiger partial charge < -0.3 is 9.67 Å². The van der Waals surface area contributed by atoms with Gasteiger partial charge in [-0.05, 0) is 30.5 Å². The van der Waals surface area contributed by atoms with Crippen LogP contribution in [0.4, 0.5) is 0 Å². The van der Waals surface area contributed by atoms with Crippen LogP contribution in [-0.2, 0) is 24.7 Å². The van der Waals surface area contributed by atoms with Crippen molar-refractivity contribution in [2.45, 2.75) is 51.9 Å². The maximum Gasteiger partial charge on any atom is 0.309 e. The van der Waals surface area contributed by atoms with Crippen LogP contribution in [0.1, 0.15) is 66.3 Å². The molecule has 0 saturated carbocycles. The van der Waals surface area contributed by atoms with Crippen LogP contribution in [-0.4, -0.2) is 21.4 Å². The molecular weight excluding hydrogens is 314 g/mol. The van der Waals surface area contributed by atoms with Crippen LogP contribution in [0.3, 0.4) is 0 Å². The molecule has 0 amide bonds. The fourth-order valence-electron chi connectivity index (χ4n) is 3.02. The van der Waals surface area contributed by atoms with Crippen LogP contribution >= 0.6 is 0 Å². The van der Waals surface area contributed by atoms with E-state index in [1.807, 2.05) is 24.3 Å². The molecule has 1 aromatic carbocycles. The summed E-state index contributed by atoms with van der Waals surface area (Å²) in [5, 5.41) is 8.91. The van der Waals surface area contributed by atoms with Gasteiger partial charge in [0.1, 0.15) is 0 Å². The third-order valence-electron chi connectivity index (χ3n) is 4.58. The molecule has 1 N–H and O–H groups in total. The fourth-order valence-corrected chi connectivity index (χ4v) is 3.02. The second-order valence-corrected chi connectivity index (χ2v) is 6.53. The van der Waals surface area contributed by atoms with E-state index in [0.717, 1.165) is 6.42 Å².